The molecule has 1 saturated heterocycles. The first-order chi connectivity index (χ1) is 14.7. The van der Waals surface area contributed by atoms with Crippen LogP contribution in [0.25, 0.3) is 11.3 Å². The fraction of sp³-hybridized carbons (Fsp3) is 0.348. The van der Waals surface area contributed by atoms with Crippen LogP contribution in [0.1, 0.15) is 28.3 Å². The molecule has 2 aliphatic rings. The Morgan fingerprint density at radius 3 is 2.73 bits per heavy atom. The molecule has 0 bridgehead atoms. The van der Waals surface area contributed by atoms with Crippen molar-refractivity contribution in [1.82, 2.24) is 30.7 Å². The monoisotopic (exact) mass is 402 g/mol. The molecule has 0 spiro atoms. The Bertz CT molecular complexity index is 1030. The highest BCUT2D eigenvalue weighted by Gasteiger charge is 2.32. The number of H-pyrrole nitrogens is 1. The van der Waals surface area contributed by atoms with Gasteiger partial charge in [-0.05, 0) is 24.6 Å². The van der Waals surface area contributed by atoms with E-state index in [1.807, 2.05) is 17.0 Å². The van der Waals surface area contributed by atoms with Gasteiger partial charge in [-0.3, -0.25) is 10.1 Å². The predicted molar refractivity (Wildman–Crippen MR) is 115 cm³/mol. The van der Waals surface area contributed by atoms with E-state index in [9.17, 15) is 4.79 Å². The van der Waals surface area contributed by atoms with Crippen molar-refractivity contribution in [1.29, 1.82) is 0 Å². The first-order valence-corrected chi connectivity index (χ1v) is 10.5. The third-order valence-corrected chi connectivity index (χ3v) is 6.20. The average Bonchev–Trinajstić information content (AvgIpc) is 3.41. The van der Waals surface area contributed by atoms with Gasteiger partial charge < -0.3 is 15.5 Å². The smallest absolute Gasteiger partial charge is 0.317 e. The van der Waals surface area contributed by atoms with Gasteiger partial charge in [0.2, 0.25) is 0 Å². The molecule has 5 rings (SSSR count). The maximum Gasteiger partial charge on any atom is 0.317 e. The van der Waals surface area contributed by atoms with Crippen LogP contribution in [0.15, 0.2) is 48.8 Å². The molecule has 2 atom stereocenters. The van der Waals surface area contributed by atoms with Gasteiger partial charge in [-0.1, -0.05) is 29.8 Å². The zero-order valence-electron chi connectivity index (χ0n) is 17.1. The van der Waals surface area contributed by atoms with Crippen molar-refractivity contribution < 1.29 is 4.79 Å². The molecule has 0 saturated carbocycles. The molecule has 3 N–H and O–H groups in total. The van der Waals surface area contributed by atoms with Gasteiger partial charge in [0.25, 0.3) is 0 Å². The molecule has 2 aromatic heterocycles. The second kappa shape index (κ2) is 7.91. The number of carbonyl (C=O) groups excluding carboxylic acids is 1. The maximum atomic E-state index is 13.1. The minimum absolute atomic E-state index is 0.00617. The van der Waals surface area contributed by atoms with Gasteiger partial charge in [0.1, 0.15) is 0 Å². The summed E-state index contributed by atoms with van der Waals surface area (Å²) in [5.74, 6) is 0.288. The number of urea groups is 1. The third kappa shape index (κ3) is 3.57. The second-order valence-electron chi connectivity index (χ2n) is 8.17. The van der Waals surface area contributed by atoms with Crippen LogP contribution >= 0.6 is 0 Å². The van der Waals surface area contributed by atoms with E-state index in [0.29, 0.717) is 13.1 Å². The van der Waals surface area contributed by atoms with Gasteiger partial charge in [0.15, 0.2) is 0 Å². The van der Waals surface area contributed by atoms with E-state index in [1.165, 1.54) is 11.1 Å². The number of aromatic nitrogens is 3. The van der Waals surface area contributed by atoms with Crippen LogP contribution in [-0.4, -0.2) is 51.8 Å². The number of carbonyl (C=O) groups is 1. The number of nitrogens with one attached hydrogen (secondary N) is 3. The molecule has 3 aromatic rings. The van der Waals surface area contributed by atoms with Gasteiger partial charge in [0.05, 0.1) is 18.3 Å². The molecule has 1 fully saturated rings. The van der Waals surface area contributed by atoms with Crippen molar-refractivity contribution in [3.63, 3.8) is 0 Å². The van der Waals surface area contributed by atoms with E-state index >= 15 is 0 Å². The molecule has 2 amide bonds. The lowest BCUT2D eigenvalue weighted by Crippen LogP contribution is -2.48. The lowest BCUT2D eigenvalue weighted by molar-refractivity contribution is 0.188. The van der Waals surface area contributed by atoms with Crippen LogP contribution in [0.5, 0.6) is 0 Å². The SMILES string of the molecule is Cc1ccc([C@@H]2CNC[C@H]2NC(=O)N2CCc3[nH]nc(-c4ccncc4)c3C2)cc1. The van der Waals surface area contributed by atoms with Crippen molar-refractivity contribution in [2.45, 2.75) is 31.8 Å². The molecule has 4 heterocycles. The van der Waals surface area contributed by atoms with Gasteiger partial charge in [-0.25, -0.2) is 4.79 Å². The van der Waals surface area contributed by atoms with E-state index in [4.69, 9.17) is 0 Å². The van der Waals surface area contributed by atoms with Gasteiger partial charge in [-0.15, -0.1) is 0 Å². The number of hydrogen-bond donors (Lipinski definition) is 3. The van der Waals surface area contributed by atoms with Crippen LogP contribution in [0, 0.1) is 6.92 Å². The van der Waals surface area contributed by atoms with E-state index in [1.54, 1.807) is 12.4 Å². The summed E-state index contributed by atoms with van der Waals surface area (Å²) in [5, 5.41) is 14.4. The molecule has 0 aliphatic carbocycles. The number of aromatic amines is 1. The number of rotatable bonds is 3. The van der Waals surface area contributed by atoms with Crippen molar-refractivity contribution >= 4 is 6.03 Å². The Balaban J connectivity index is 1.30. The molecule has 0 unspecified atom stereocenters. The summed E-state index contributed by atoms with van der Waals surface area (Å²) >= 11 is 0. The average molecular weight is 403 g/mol. The zero-order chi connectivity index (χ0) is 20.5. The molecule has 30 heavy (non-hydrogen) atoms. The first kappa shape index (κ1) is 18.8. The molecule has 7 heteroatoms. The Hall–Kier alpha value is -3.19. The topological polar surface area (TPSA) is 85.9 Å². The van der Waals surface area contributed by atoms with Crippen molar-refractivity contribution in [3.8, 4) is 11.3 Å². The van der Waals surface area contributed by atoms with Gasteiger partial charge in [-0.2, -0.15) is 5.10 Å². The van der Waals surface area contributed by atoms with Gasteiger partial charge >= 0.3 is 6.03 Å². The van der Waals surface area contributed by atoms with Crippen LogP contribution in [0.2, 0.25) is 0 Å². The Kier molecular flexibility index (Phi) is 4.96. The molecule has 1 aromatic carbocycles. The number of hydrogen-bond acceptors (Lipinski definition) is 4. The summed E-state index contributed by atoms with van der Waals surface area (Å²) in [7, 11) is 0. The number of benzene rings is 1. The zero-order valence-corrected chi connectivity index (χ0v) is 17.1. The molecule has 0 radical (unpaired) electrons. The van der Waals surface area contributed by atoms with Crippen LogP contribution in [0.4, 0.5) is 4.79 Å². The lowest BCUT2D eigenvalue weighted by Gasteiger charge is -2.30. The van der Waals surface area contributed by atoms with Gasteiger partial charge in [0, 0.05) is 61.2 Å². The van der Waals surface area contributed by atoms with Crippen molar-refractivity contribution in [2.24, 2.45) is 0 Å². The molecular formula is C23H26N6O. The Labute approximate surface area is 175 Å². The second-order valence-corrected chi connectivity index (χ2v) is 8.17. The Morgan fingerprint density at radius 1 is 1.13 bits per heavy atom. The first-order valence-electron chi connectivity index (χ1n) is 10.5. The van der Waals surface area contributed by atoms with E-state index < -0.39 is 0 Å². The summed E-state index contributed by atoms with van der Waals surface area (Å²) in [6.45, 7) is 5.01. The fourth-order valence-corrected chi connectivity index (χ4v) is 4.46. The summed E-state index contributed by atoms with van der Waals surface area (Å²) in [4.78, 5) is 19.1. The van der Waals surface area contributed by atoms with E-state index in [2.05, 4.69) is 57.0 Å². The standard InChI is InChI=1S/C23H26N6O/c1-15-2-4-16(5-3-15)18-12-25-13-21(18)26-23(30)29-11-8-20-19(14-29)22(28-27-20)17-6-9-24-10-7-17/h2-7,9-10,18,21,25H,8,11-14H2,1H3,(H,26,30)(H,27,28)/t18-,21+/m0/s1. The number of amides is 2. The predicted octanol–water partition coefficient (Wildman–Crippen LogP) is 2.60. The molecule has 2 aliphatic heterocycles. The number of nitrogens with zero attached hydrogens (tertiary/aromatic N) is 3. The molecular weight excluding hydrogens is 376 g/mol. The van der Waals surface area contributed by atoms with E-state index in [-0.39, 0.29) is 18.0 Å². The summed E-state index contributed by atoms with van der Waals surface area (Å²) in [5.41, 5.74) is 6.66. The van der Waals surface area contributed by atoms with Crippen molar-refractivity contribution in [3.05, 3.63) is 71.2 Å². The van der Waals surface area contributed by atoms with Crippen LogP contribution in [-0.2, 0) is 13.0 Å². The summed E-state index contributed by atoms with van der Waals surface area (Å²) in [6.07, 6.45) is 4.31. The third-order valence-electron chi connectivity index (χ3n) is 6.20. The fourth-order valence-electron chi connectivity index (χ4n) is 4.46. The minimum atomic E-state index is -0.00617. The highest BCUT2D eigenvalue weighted by atomic mass is 16.2. The largest absolute Gasteiger partial charge is 0.333 e. The van der Waals surface area contributed by atoms with Crippen LogP contribution in [0.3, 0.4) is 0 Å². The minimum Gasteiger partial charge on any atom is -0.333 e. The van der Waals surface area contributed by atoms with E-state index in [0.717, 1.165) is 42.0 Å². The van der Waals surface area contributed by atoms with Crippen molar-refractivity contribution in [2.75, 3.05) is 19.6 Å². The summed E-state index contributed by atoms with van der Waals surface area (Å²) in [6, 6.07) is 12.6. The molecule has 7 nitrogen and oxygen atoms in total. The molecule has 154 valence electrons. The van der Waals surface area contributed by atoms with Crippen LogP contribution < -0.4 is 10.6 Å². The summed E-state index contributed by atoms with van der Waals surface area (Å²) < 4.78 is 0. The maximum absolute atomic E-state index is 13.1. The number of aryl methyl sites for hydroxylation is 1. The number of fused-ring (bicyclic) bond motifs is 1. The Morgan fingerprint density at radius 2 is 1.93 bits per heavy atom. The highest BCUT2D eigenvalue weighted by molar-refractivity contribution is 5.76. The number of pyridine rings is 1. The highest BCUT2D eigenvalue weighted by Crippen LogP contribution is 2.28. The lowest BCUT2D eigenvalue weighted by atomic mass is 9.93. The quantitative estimate of drug-likeness (QED) is 0.629. The normalized spacial score (nSPS) is 20.8.